The molecular weight excluding hydrogens is 407 g/mol. The van der Waals surface area contributed by atoms with E-state index in [1.165, 1.54) is 51.2 Å². The maximum atomic E-state index is 11.1. The topological polar surface area (TPSA) is 133 Å². The summed E-state index contributed by atoms with van der Waals surface area (Å²) in [5.74, 6) is -0.704. The van der Waals surface area contributed by atoms with Crippen molar-refractivity contribution in [3.8, 4) is 5.75 Å². The van der Waals surface area contributed by atoms with Crippen molar-refractivity contribution in [3.63, 3.8) is 0 Å². The molecule has 0 saturated carbocycles. The van der Waals surface area contributed by atoms with Gasteiger partial charge in [0.05, 0.1) is 9.82 Å². The Hall–Kier alpha value is -1.000. The number of phenolic OH excluding ortho intramolecular Hbond substituents is 1. The van der Waals surface area contributed by atoms with Gasteiger partial charge in [-0.05, 0) is 12.5 Å². The summed E-state index contributed by atoms with van der Waals surface area (Å²) in [4.78, 5) is 13.3. The van der Waals surface area contributed by atoms with Crippen molar-refractivity contribution in [2.24, 2.45) is 4.99 Å². The zero-order valence-corrected chi connectivity index (χ0v) is 20.1. The smallest absolute Gasteiger partial charge is 0.744 e. The van der Waals surface area contributed by atoms with Crippen LogP contribution in [0.5, 0.6) is 5.75 Å². The van der Waals surface area contributed by atoms with E-state index in [2.05, 4.69) is 11.9 Å². The summed E-state index contributed by atoms with van der Waals surface area (Å²) >= 11 is 0. The predicted molar refractivity (Wildman–Crippen MR) is 107 cm³/mol. The van der Waals surface area contributed by atoms with Gasteiger partial charge in [-0.3, -0.25) is 15.1 Å². The zero-order chi connectivity index (χ0) is 21.0. The van der Waals surface area contributed by atoms with Crippen LogP contribution < -0.4 is 29.6 Å². The fourth-order valence-corrected chi connectivity index (χ4v) is 3.38. The van der Waals surface area contributed by atoms with E-state index in [1.54, 1.807) is 0 Å². The standard InChI is InChI=1S/C19H30N2O6S.Na/c1-2-3-4-5-6-7-8-9-10-11-12-20-15-16-13-17(28(25,26)27)14-18(19(16)22)21(23)24;/h13-15,22H,2-12H2,1H3,(H,25,26,27);/q;+1/p-1. The van der Waals surface area contributed by atoms with Crippen LogP contribution in [0, 0.1) is 10.1 Å². The number of unbranched alkanes of at least 4 members (excludes halogenated alkanes) is 9. The molecule has 1 rings (SSSR count). The molecule has 0 fully saturated rings. The number of nitro benzene ring substituents is 1. The van der Waals surface area contributed by atoms with Crippen molar-refractivity contribution in [1.82, 2.24) is 0 Å². The van der Waals surface area contributed by atoms with Crippen molar-refractivity contribution >= 4 is 22.0 Å². The summed E-state index contributed by atoms with van der Waals surface area (Å²) in [7, 11) is -4.88. The van der Waals surface area contributed by atoms with Gasteiger partial charge in [0, 0.05) is 24.4 Å². The molecule has 29 heavy (non-hydrogen) atoms. The number of nitro groups is 1. The van der Waals surface area contributed by atoms with E-state index in [1.807, 2.05) is 0 Å². The van der Waals surface area contributed by atoms with Gasteiger partial charge in [-0.1, -0.05) is 64.7 Å². The Kier molecular flexibility index (Phi) is 14.4. The molecular formula is C19H29N2NaO6S. The van der Waals surface area contributed by atoms with Crippen molar-refractivity contribution in [3.05, 3.63) is 27.8 Å². The second-order valence-electron chi connectivity index (χ2n) is 6.81. The molecule has 0 aliphatic rings. The average Bonchev–Trinajstić information content (AvgIpc) is 2.62. The summed E-state index contributed by atoms with van der Waals surface area (Å²) < 4.78 is 33.4. The van der Waals surface area contributed by atoms with E-state index in [-0.39, 0.29) is 35.1 Å². The zero-order valence-electron chi connectivity index (χ0n) is 17.3. The number of nitrogens with zero attached hydrogens (tertiary/aromatic N) is 2. The molecule has 0 amide bonds. The fraction of sp³-hybridized carbons (Fsp3) is 0.632. The summed E-state index contributed by atoms with van der Waals surface area (Å²) in [6, 6.07) is 1.45. The third kappa shape index (κ3) is 11.1. The van der Waals surface area contributed by atoms with Gasteiger partial charge in [-0.2, -0.15) is 0 Å². The van der Waals surface area contributed by atoms with Crippen molar-refractivity contribution < 1.29 is 52.6 Å². The molecule has 0 atom stereocenters. The third-order valence-electron chi connectivity index (χ3n) is 4.45. The average molecular weight is 437 g/mol. The molecule has 1 aromatic rings. The van der Waals surface area contributed by atoms with E-state index < -0.39 is 31.4 Å². The molecule has 0 bridgehead atoms. The molecule has 158 valence electrons. The molecule has 0 heterocycles. The molecule has 0 unspecified atom stereocenters. The molecule has 8 nitrogen and oxygen atoms in total. The number of aliphatic imine (C=N–C) groups is 1. The second kappa shape index (κ2) is 14.9. The monoisotopic (exact) mass is 436 g/mol. The van der Waals surface area contributed by atoms with E-state index in [4.69, 9.17) is 0 Å². The summed E-state index contributed by atoms with van der Waals surface area (Å²) in [5, 5.41) is 20.8. The largest absolute Gasteiger partial charge is 1.00 e. The van der Waals surface area contributed by atoms with Crippen LogP contribution in [0.2, 0.25) is 0 Å². The molecule has 0 aliphatic heterocycles. The molecule has 0 spiro atoms. The molecule has 0 saturated heterocycles. The number of aromatic hydroxyl groups is 1. The number of hydrogen-bond acceptors (Lipinski definition) is 7. The van der Waals surface area contributed by atoms with E-state index in [9.17, 15) is 28.2 Å². The molecule has 0 radical (unpaired) electrons. The quantitative estimate of drug-likeness (QED) is 0.117. The number of rotatable bonds is 14. The summed E-state index contributed by atoms with van der Waals surface area (Å²) in [6.07, 6.45) is 13.0. The summed E-state index contributed by atoms with van der Waals surface area (Å²) in [6.45, 7) is 2.66. The first-order valence-electron chi connectivity index (χ1n) is 9.74. The number of phenols is 1. The van der Waals surface area contributed by atoms with Crippen molar-refractivity contribution in [1.29, 1.82) is 0 Å². The van der Waals surface area contributed by atoms with Crippen LogP contribution in [0.15, 0.2) is 22.0 Å². The minimum Gasteiger partial charge on any atom is -0.744 e. The normalized spacial score (nSPS) is 11.5. The Morgan fingerprint density at radius 2 is 1.55 bits per heavy atom. The van der Waals surface area contributed by atoms with Crippen molar-refractivity contribution in [2.45, 2.75) is 76.0 Å². The predicted octanol–water partition coefficient (Wildman–Crippen LogP) is 1.55. The maximum absolute atomic E-state index is 11.1. The van der Waals surface area contributed by atoms with Crippen LogP contribution in [-0.4, -0.2) is 35.8 Å². The minimum atomic E-state index is -4.88. The third-order valence-corrected chi connectivity index (χ3v) is 5.26. The number of hydrogen-bond donors (Lipinski definition) is 1. The van der Waals surface area contributed by atoms with Crippen LogP contribution in [0.4, 0.5) is 5.69 Å². The van der Waals surface area contributed by atoms with Gasteiger partial charge in [-0.25, -0.2) is 8.42 Å². The van der Waals surface area contributed by atoms with Crippen LogP contribution in [0.3, 0.4) is 0 Å². The van der Waals surface area contributed by atoms with Crippen molar-refractivity contribution in [2.75, 3.05) is 6.54 Å². The van der Waals surface area contributed by atoms with E-state index >= 15 is 0 Å². The molecule has 0 aliphatic carbocycles. The van der Waals surface area contributed by atoms with E-state index in [0.29, 0.717) is 12.6 Å². The second-order valence-corrected chi connectivity index (χ2v) is 8.19. The van der Waals surface area contributed by atoms with Crippen LogP contribution >= 0.6 is 0 Å². The maximum Gasteiger partial charge on any atom is 1.00 e. The number of benzene rings is 1. The Morgan fingerprint density at radius 1 is 1.03 bits per heavy atom. The molecule has 1 aromatic carbocycles. The Bertz CT molecular complexity index is 768. The Morgan fingerprint density at radius 3 is 2.03 bits per heavy atom. The van der Waals surface area contributed by atoms with Crippen LogP contribution in [0.25, 0.3) is 0 Å². The fourth-order valence-electron chi connectivity index (χ4n) is 2.85. The van der Waals surface area contributed by atoms with Gasteiger partial charge in [0.2, 0.25) is 5.75 Å². The summed E-state index contributed by atoms with van der Waals surface area (Å²) in [5.41, 5.74) is -0.993. The first kappa shape index (κ1) is 28.0. The Balaban J connectivity index is 0.00000784. The SMILES string of the molecule is CCCCCCCCCCCCN=Cc1cc(S(=O)(=O)[O-])cc([N+](=O)[O-])c1O.[Na+]. The molecule has 1 N–H and O–H groups in total. The van der Waals surface area contributed by atoms with Gasteiger partial charge in [-0.15, -0.1) is 0 Å². The van der Waals surface area contributed by atoms with Gasteiger partial charge < -0.3 is 9.66 Å². The molecule has 0 aromatic heterocycles. The van der Waals surface area contributed by atoms with Crippen LogP contribution in [0.1, 0.15) is 76.7 Å². The molecule has 10 heteroatoms. The van der Waals surface area contributed by atoms with Crippen LogP contribution in [-0.2, 0) is 10.1 Å². The van der Waals surface area contributed by atoms with E-state index in [0.717, 1.165) is 25.3 Å². The minimum absolute atomic E-state index is 0. The first-order chi connectivity index (χ1) is 13.3. The first-order valence-corrected chi connectivity index (χ1v) is 11.1. The van der Waals surface area contributed by atoms with Gasteiger partial charge in [0.1, 0.15) is 10.1 Å². The van der Waals surface area contributed by atoms with Gasteiger partial charge >= 0.3 is 35.2 Å². The Labute approximate surface area is 195 Å². The van der Waals surface area contributed by atoms with Gasteiger partial charge in [0.15, 0.2) is 0 Å². The van der Waals surface area contributed by atoms with Gasteiger partial charge in [0.25, 0.3) is 0 Å².